The number of aromatic nitrogens is 2. The standard InChI is InChI=1S/C12H19N3O/c1-2-10-3-5-15(6-4-10)12-13-7-11(9-16)8-14-12/h7-8,10,16H,2-6,9H2,1H3. The summed E-state index contributed by atoms with van der Waals surface area (Å²) < 4.78 is 0. The molecule has 2 heterocycles. The van der Waals surface area contributed by atoms with E-state index in [0.29, 0.717) is 0 Å². The number of hydrogen-bond acceptors (Lipinski definition) is 4. The van der Waals surface area contributed by atoms with E-state index in [9.17, 15) is 0 Å². The molecule has 0 bridgehead atoms. The lowest BCUT2D eigenvalue weighted by Crippen LogP contribution is -2.34. The van der Waals surface area contributed by atoms with Crippen LogP contribution in [0.25, 0.3) is 0 Å². The van der Waals surface area contributed by atoms with Crippen molar-refractivity contribution in [3.05, 3.63) is 18.0 Å². The minimum absolute atomic E-state index is 0.0121. The minimum atomic E-state index is 0.0121. The van der Waals surface area contributed by atoms with Crippen LogP contribution in [0.4, 0.5) is 5.95 Å². The molecule has 0 spiro atoms. The number of anilines is 1. The van der Waals surface area contributed by atoms with Gasteiger partial charge < -0.3 is 10.0 Å². The molecule has 2 rings (SSSR count). The maximum absolute atomic E-state index is 8.91. The Morgan fingerprint density at radius 1 is 1.31 bits per heavy atom. The molecule has 0 saturated carbocycles. The summed E-state index contributed by atoms with van der Waals surface area (Å²) in [5.41, 5.74) is 0.771. The molecule has 4 nitrogen and oxygen atoms in total. The summed E-state index contributed by atoms with van der Waals surface area (Å²) in [6.45, 7) is 4.37. The molecule has 0 radical (unpaired) electrons. The summed E-state index contributed by atoms with van der Waals surface area (Å²) >= 11 is 0. The average molecular weight is 221 g/mol. The van der Waals surface area contributed by atoms with Crippen molar-refractivity contribution in [1.29, 1.82) is 0 Å². The molecule has 1 fully saturated rings. The Morgan fingerprint density at radius 2 is 1.94 bits per heavy atom. The molecule has 88 valence electrons. The minimum Gasteiger partial charge on any atom is -0.392 e. The monoisotopic (exact) mass is 221 g/mol. The molecular weight excluding hydrogens is 202 g/mol. The van der Waals surface area contributed by atoms with Crippen LogP contribution in [0.2, 0.25) is 0 Å². The van der Waals surface area contributed by atoms with Gasteiger partial charge in [-0.2, -0.15) is 0 Å². The van der Waals surface area contributed by atoms with Crippen LogP contribution in [-0.4, -0.2) is 28.2 Å². The van der Waals surface area contributed by atoms with Gasteiger partial charge in [-0.1, -0.05) is 13.3 Å². The highest BCUT2D eigenvalue weighted by Crippen LogP contribution is 2.22. The van der Waals surface area contributed by atoms with Crippen LogP contribution in [0.1, 0.15) is 31.7 Å². The summed E-state index contributed by atoms with van der Waals surface area (Å²) in [5.74, 6) is 1.67. The fourth-order valence-electron chi connectivity index (χ4n) is 2.13. The Balaban J connectivity index is 1.97. The van der Waals surface area contributed by atoms with Crippen LogP contribution in [0, 0.1) is 5.92 Å². The molecule has 1 aliphatic rings. The summed E-state index contributed by atoms with van der Waals surface area (Å²) in [7, 11) is 0. The molecule has 0 aromatic carbocycles. The van der Waals surface area contributed by atoms with Crippen molar-refractivity contribution in [2.45, 2.75) is 32.8 Å². The number of aliphatic hydroxyl groups excluding tert-OH is 1. The highest BCUT2D eigenvalue weighted by molar-refractivity contribution is 5.30. The third-order valence-electron chi connectivity index (χ3n) is 3.35. The Hall–Kier alpha value is -1.16. The van der Waals surface area contributed by atoms with Crippen molar-refractivity contribution in [3.63, 3.8) is 0 Å². The topological polar surface area (TPSA) is 49.2 Å². The van der Waals surface area contributed by atoms with Crippen molar-refractivity contribution in [1.82, 2.24) is 9.97 Å². The lowest BCUT2D eigenvalue weighted by molar-refractivity contribution is 0.281. The number of hydrogen-bond donors (Lipinski definition) is 1. The zero-order valence-electron chi connectivity index (χ0n) is 9.76. The summed E-state index contributed by atoms with van der Waals surface area (Å²) in [5, 5.41) is 8.91. The third kappa shape index (κ3) is 2.50. The van der Waals surface area contributed by atoms with Crippen molar-refractivity contribution in [3.8, 4) is 0 Å². The largest absolute Gasteiger partial charge is 0.392 e. The highest BCUT2D eigenvalue weighted by Gasteiger charge is 2.19. The quantitative estimate of drug-likeness (QED) is 0.842. The lowest BCUT2D eigenvalue weighted by atomic mass is 9.95. The van der Waals surface area contributed by atoms with Gasteiger partial charge in [0, 0.05) is 31.0 Å². The first kappa shape index (κ1) is 11.3. The van der Waals surface area contributed by atoms with Crippen LogP contribution >= 0.6 is 0 Å². The van der Waals surface area contributed by atoms with E-state index < -0.39 is 0 Å². The van der Waals surface area contributed by atoms with E-state index in [1.807, 2.05) is 0 Å². The average Bonchev–Trinajstić information content (AvgIpc) is 2.39. The van der Waals surface area contributed by atoms with Gasteiger partial charge in [0.1, 0.15) is 0 Å². The van der Waals surface area contributed by atoms with Crippen molar-refractivity contribution < 1.29 is 5.11 Å². The molecule has 1 aromatic heterocycles. The Labute approximate surface area is 96.3 Å². The van der Waals surface area contributed by atoms with Crippen LogP contribution in [0.3, 0.4) is 0 Å². The molecule has 0 atom stereocenters. The summed E-state index contributed by atoms with van der Waals surface area (Å²) in [4.78, 5) is 10.8. The van der Waals surface area contributed by atoms with Crippen molar-refractivity contribution in [2.24, 2.45) is 5.92 Å². The molecule has 1 aromatic rings. The van der Waals surface area contributed by atoms with Gasteiger partial charge >= 0.3 is 0 Å². The number of aliphatic hydroxyl groups is 1. The van der Waals surface area contributed by atoms with Crippen molar-refractivity contribution >= 4 is 5.95 Å². The molecule has 0 amide bonds. The van der Waals surface area contributed by atoms with Crippen LogP contribution < -0.4 is 4.90 Å². The Kier molecular flexibility index (Phi) is 3.72. The van der Waals surface area contributed by atoms with E-state index in [2.05, 4.69) is 21.8 Å². The summed E-state index contributed by atoms with van der Waals surface area (Å²) in [6, 6.07) is 0. The van der Waals surface area contributed by atoms with Gasteiger partial charge in [-0.15, -0.1) is 0 Å². The second-order valence-corrected chi connectivity index (χ2v) is 4.39. The van der Waals surface area contributed by atoms with Crippen molar-refractivity contribution in [2.75, 3.05) is 18.0 Å². The van der Waals surface area contributed by atoms with Gasteiger partial charge in [0.25, 0.3) is 0 Å². The maximum Gasteiger partial charge on any atom is 0.225 e. The summed E-state index contributed by atoms with van der Waals surface area (Å²) in [6.07, 6.45) is 7.16. The van der Waals surface area contributed by atoms with Gasteiger partial charge in [-0.25, -0.2) is 9.97 Å². The van der Waals surface area contributed by atoms with Gasteiger partial charge in [0.15, 0.2) is 0 Å². The Bertz CT molecular complexity index is 318. The first-order valence-electron chi connectivity index (χ1n) is 6.00. The molecular formula is C12H19N3O. The SMILES string of the molecule is CCC1CCN(c2ncc(CO)cn2)CC1. The first-order valence-corrected chi connectivity index (χ1v) is 6.00. The predicted octanol–water partition coefficient (Wildman–Crippen LogP) is 1.60. The lowest BCUT2D eigenvalue weighted by Gasteiger charge is -2.31. The molecule has 1 aliphatic heterocycles. The van der Waals surface area contributed by atoms with Crippen LogP contribution in [-0.2, 0) is 6.61 Å². The van der Waals surface area contributed by atoms with E-state index in [1.165, 1.54) is 19.3 Å². The van der Waals surface area contributed by atoms with Crippen LogP contribution in [0.15, 0.2) is 12.4 Å². The highest BCUT2D eigenvalue weighted by atomic mass is 16.3. The van der Waals surface area contributed by atoms with E-state index >= 15 is 0 Å². The van der Waals surface area contributed by atoms with Gasteiger partial charge in [-0.3, -0.25) is 0 Å². The number of rotatable bonds is 3. The van der Waals surface area contributed by atoms with E-state index in [4.69, 9.17) is 5.11 Å². The van der Waals surface area contributed by atoms with Gasteiger partial charge in [-0.05, 0) is 18.8 Å². The molecule has 0 aliphatic carbocycles. The zero-order chi connectivity index (χ0) is 11.4. The second-order valence-electron chi connectivity index (χ2n) is 4.39. The zero-order valence-corrected chi connectivity index (χ0v) is 9.76. The first-order chi connectivity index (χ1) is 7.83. The number of piperidine rings is 1. The Morgan fingerprint density at radius 3 is 2.44 bits per heavy atom. The second kappa shape index (κ2) is 5.25. The van der Waals surface area contributed by atoms with Gasteiger partial charge in [0.05, 0.1) is 6.61 Å². The van der Waals surface area contributed by atoms with E-state index in [0.717, 1.165) is 30.5 Å². The third-order valence-corrected chi connectivity index (χ3v) is 3.35. The maximum atomic E-state index is 8.91. The van der Waals surface area contributed by atoms with Gasteiger partial charge in [0.2, 0.25) is 5.95 Å². The fourth-order valence-corrected chi connectivity index (χ4v) is 2.13. The molecule has 16 heavy (non-hydrogen) atoms. The predicted molar refractivity (Wildman–Crippen MR) is 63.2 cm³/mol. The number of nitrogens with zero attached hydrogens (tertiary/aromatic N) is 3. The smallest absolute Gasteiger partial charge is 0.225 e. The fraction of sp³-hybridized carbons (Fsp3) is 0.667. The molecule has 0 unspecified atom stereocenters. The normalized spacial score (nSPS) is 17.8. The van der Waals surface area contributed by atoms with E-state index in [-0.39, 0.29) is 6.61 Å². The molecule has 1 saturated heterocycles. The van der Waals surface area contributed by atoms with Crippen LogP contribution in [0.5, 0.6) is 0 Å². The van der Waals surface area contributed by atoms with E-state index in [1.54, 1.807) is 12.4 Å². The molecule has 4 heteroatoms. The molecule has 1 N–H and O–H groups in total.